The highest BCUT2D eigenvalue weighted by atomic mass is 32.1. The maximum absolute atomic E-state index is 11.4. The van der Waals surface area contributed by atoms with E-state index in [9.17, 15) is 4.79 Å². The summed E-state index contributed by atoms with van der Waals surface area (Å²) in [4.78, 5) is 18.4. The van der Waals surface area contributed by atoms with Gasteiger partial charge in [0.25, 0.3) is 0 Å². The van der Waals surface area contributed by atoms with Gasteiger partial charge in [0.15, 0.2) is 0 Å². The first-order valence-corrected chi connectivity index (χ1v) is 7.13. The number of primary amides is 1. The van der Waals surface area contributed by atoms with Gasteiger partial charge in [0, 0.05) is 18.8 Å². The average molecular weight is 292 g/mol. The largest absolute Gasteiger partial charge is 0.389 e. The van der Waals surface area contributed by atoms with Crippen molar-refractivity contribution in [2.75, 3.05) is 18.0 Å². The molecule has 0 bridgehead atoms. The molecule has 4 N–H and O–H groups in total. The van der Waals surface area contributed by atoms with Crippen LogP contribution in [0, 0.1) is 19.8 Å². The number of nitrogens with two attached hydrogens (primary N) is 2. The second kappa shape index (κ2) is 5.75. The summed E-state index contributed by atoms with van der Waals surface area (Å²) < 4.78 is 0. The van der Waals surface area contributed by atoms with Crippen LogP contribution < -0.4 is 16.4 Å². The number of hydrogen-bond acceptors (Lipinski definition) is 4. The molecule has 1 unspecified atom stereocenters. The van der Waals surface area contributed by atoms with Crippen molar-refractivity contribution in [3.05, 3.63) is 22.9 Å². The maximum Gasteiger partial charge on any atom is 0.222 e. The molecule has 5 nitrogen and oxygen atoms in total. The summed E-state index contributed by atoms with van der Waals surface area (Å²) in [6.45, 7) is 5.34. The van der Waals surface area contributed by atoms with E-state index < -0.39 is 0 Å². The fraction of sp³-hybridized carbons (Fsp3) is 0.500. The minimum atomic E-state index is -0.254. The van der Waals surface area contributed by atoms with E-state index in [2.05, 4.69) is 9.88 Å². The monoisotopic (exact) mass is 292 g/mol. The number of piperidine rings is 1. The third-order valence-electron chi connectivity index (χ3n) is 3.70. The molecule has 1 aromatic heterocycles. The quantitative estimate of drug-likeness (QED) is 0.813. The maximum atomic E-state index is 11.4. The Balaban J connectivity index is 2.41. The molecule has 0 radical (unpaired) electrons. The van der Waals surface area contributed by atoms with E-state index in [1.807, 2.05) is 19.9 Å². The highest BCUT2D eigenvalue weighted by molar-refractivity contribution is 7.80. The highest BCUT2D eigenvalue weighted by Gasteiger charge is 2.27. The standard InChI is InChI=1S/C14H20N4OS/c1-8-6-9(2)17-14(11(8)13(16)20)18-5-3-4-10(7-18)12(15)19/h6,10H,3-5,7H2,1-2H3,(H2,15,19)(H2,16,20). The lowest BCUT2D eigenvalue weighted by Crippen LogP contribution is -2.42. The van der Waals surface area contributed by atoms with Gasteiger partial charge in [0.1, 0.15) is 10.8 Å². The SMILES string of the molecule is Cc1cc(C)c(C(N)=S)c(N2CCCC(C(N)=O)C2)n1. The second-order valence-corrected chi connectivity index (χ2v) is 5.77. The zero-order valence-corrected chi connectivity index (χ0v) is 12.7. The average Bonchev–Trinajstić information content (AvgIpc) is 2.37. The van der Waals surface area contributed by atoms with Crippen molar-refractivity contribution < 1.29 is 4.79 Å². The van der Waals surface area contributed by atoms with Crippen LogP contribution in [0.15, 0.2) is 6.07 Å². The summed E-state index contributed by atoms with van der Waals surface area (Å²) in [5.74, 6) is 0.391. The van der Waals surface area contributed by atoms with E-state index in [-0.39, 0.29) is 11.8 Å². The zero-order chi connectivity index (χ0) is 14.9. The van der Waals surface area contributed by atoms with Crippen molar-refractivity contribution in [1.29, 1.82) is 0 Å². The van der Waals surface area contributed by atoms with Crippen molar-refractivity contribution in [2.24, 2.45) is 17.4 Å². The first-order valence-electron chi connectivity index (χ1n) is 6.72. The first-order chi connectivity index (χ1) is 9.40. The minimum Gasteiger partial charge on any atom is -0.389 e. The molecule has 20 heavy (non-hydrogen) atoms. The van der Waals surface area contributed by atoms with Crippen molar-refractivity contribution in [3.63, 3.8) is 0 Å². The summed E-state index contributed by atoms with van der Waals surface area (Å²) >= 11 is 5.15. The summed E-state index contributed by atoms with van der Waals surface area (Å²) in [6, 6.07) is 1.97. The molecular formula is C14H20N4OS. The molecule has 2 heterocycles. The Morgan fingerprint density at radius 1 is 1.45 bits per heavy atom. The fourth-order valence-electron chi connectivity index (χ4n) is 2.75. The number of aryl methyl sites for hydroxylation is 2. The van der Waals surface area contributed by atoms with Crippen LogP contribution in [-0.2, 0) is 4.79 Å². The van der Waals surface area contributed by atoms with Gasteiger partial charge in [0.05, 0.1) is 11.5 Å². The van der Waals surface area contributed by atoms with Gasteiger partial charge in [-0.05, 0) is 38.3 Å². The molecule has 1 aromatic rings. The third kappa shape index (κ3) is 2.90. The van der Waals surface area contributed by atoms with Crippen molar-refractivity contribution >= 4 is 28.9 Å². The predicted octanol–water partition coefficient (Wildman–Crippen LogP) is 1.03. The molecule has 1 saturated heterocycles. The van der Waals surface area contributed by atoms with E-state index in [1.54, 1.807) is 0 Å². The summed E-state index contributed by atoms with van der Waals surface area (Å²) in [6.07, 6.45) is 1.75. The van der Waals surface area contributed by atoms with Crippen LogP contribution >= 0.6 is 12.2 Å². The van der Waals surface area contributed by atoms with Gasteiger partial charge < -0.3 is 16.4 Å². The Morgan fingerprint density at radius 3 is 2.75 bits per heavy atom. The molecule has 1 amide bonds. The number of nitrogens with zero attached hydrogens (tertiary/aromatic N) is 2. The Labute approximate surface area is 124 Å². The number of aromatic nitrogens is 1. The minimum absolute atomic E-state index is 0.134. The lowest BCUT2D eigenvalue weighted by Gasteiger charge is -2.33. The van der Waals surface area contributed by atoms with E-state index in [4.69, 9.17) is 23.7 Å². The Morgan fingerprint density at radius 2 is 2.15 bits per heavy atom. The molecule has 1 aliphatic heterocycles. The molecule has 2 rings (SSSR count). The van der Waals surface area contributed by atoms with Crippen molar-refractivity contribution in [1.82, 2.24) is 4.98 Å². The van der Waals surface area contributed by atoms with Gasteiger partial charge in [-0.1, -0.05) is 12.2 Å². The third-order valence-corrected chi connectivity index (χ3v) is 3.90. The van der Waals surface area contributed by atoms with Crippen LogP contribution in [0.1, 0.15) is 29.7 Å². The fourth-order valence-corrected chi connectivity index (χ4v) is 3.00. The second-order valence-electron chi connectivity index (χ2n) is 5.33. The number of rotatable bonds is 3. The number of anilines is 1. The van der Waals surface area contributed by atoms with Crippen LogP contribution in [0.3, 0.4) is 0 Å². The molecule has 1 aliphatic rings. The predicted molar refractivity (Wildman–Crippen MR) is 83.7 cm³/mol. The number of hydrogen-bond donors (Lipinski definition) is 2. The van der Waals surface area contributed by atoms with Gasteiger partial charge in [-0.25, -0.2) is 4.98 Å². The number of amides is 1. The Hall–Kier alpha value is -1.69. The van der Waals surface area contributed by atoms with Gasteiger partial charge in [-0.2, -0.15) is 0 Å². The normalized spacial score (nSPS) is 18.9. The van der Waals surface area contributed by atoms with Crippen LogP contribution in [0.5, 0.6) is 0 Å². The first kappa shape index (κ1) is 14.7. The van der Waals surface area contributed by atoms with Gasteiger partial charge in [-0.3, -0.25) is 4.79 Å². The zero-order valence-electron chi connectivity index (χ0n) is 11.8. The topological polar surface area (TPSA) is 85.2 Å². The van der Waals surface area contributed by atoms with E-state index in [1.165, 1.54) is 0 Å². The molecule has 108 valence electrons. The van der Waals surface area contributed by atoms with Crippen molar-refractivity contribution in [2.45, 2.75) is 26.7 Å². The molecule has 1 fully saturated rings. The van der Waals surface area contributed by atoms with Crippen LogP contribution in [0.4, 0.5) is 5.82 Å². The number of pyridine rings is 1. The smallest absolute Gasteiger partial charge is 0.222 e. The number of carbonyl (C=O) groups excluding carboxylic acids is 1. The number of thiocarbonyl (C=S) groups is 1. The number of carbonyl (C=O) groups is 1. The van der Waals surface area contributed by atoms with Gasteiger partial charge >= 0.3 is 0 Å². The summed E-state index contributed by atoms with van der Waals surface area (Å²) in [5.41, 5.74) is 14.0. The van der Waals surface area contributed by atoms with Crippen LogP contribution in [0.2, 0.25) is 0 Å². The molecule has 0 aromatic carbocycles. The molecule has 0 saturated carbocycles. The Bertz CT molecular complexity index is 558. The lowest BCUT2D eigenvalue weighted by atomic mass is 9.96. The van der Waals surface area contributed by atoms with E-state index in [0.717, 1.165) is 42.0 Å². The van der Waals surface area contributed by atoms with E-state index >= 15 is 0 Å². The molecule has 0 aliphatic carbocycles. The van der Waals surface area contributed by atoms with Crippen molar-refractivity contribution in [3.8, 4) is 0 Å². The highest BCUT2D eigenvalue weighted by Crippen LogP contribution is 2.27. The molecule has 6 heteroatoms. The van der Waals surface area contributed by atoms with Crippen LogP contribution in [0.25, 0.3) is 0 Å². The van der Waals surface area contributed by atoms with E-state index in [0.29, 0.717) is 11.5 Å². The van der Waals surface area contributed by atoms with Crippen LogP contribution in [-0.4, -0.2) is 29.0 Å². The Kier molecular flexibility index (Phi) is 4.23. The summed E-state index contributed by atoms with van der Waals surface area (Å²) in [5, 5.41) is 0. The molecule has 1 atom stereocenters. The molecule has 0 spiro atoms. The van der Waals surface area contributed by atoms with Gasteiger partial charge in [-0.15, -0.1) is 0 Å². The molecular weight excluding hydrogens is 272 g/mol. The van der Waals surface area contributed by atoms with Gasteiger partial charge in [0.2, 0.25) is 5.91 Å². The lowest BCUT2D eigenvalue weighted by molar-refractivity contribution is -0.122. The summed E-state index contributed by atoms with van der Waals surface area (Å²) in [7, 11) is 0.